The van der Waals surface area contributed by atoms with Crippen LogP contribution in [-0.2, 0) is 0 Å². The number of rotatable bonds is 2. The van der Waals surface area contributed by atoms with Gasteiger partial charge in [-0.15, -0.1) is 0 Å². The number of aliphatic hydroxyl groups excluding tert-OH is 1. The van der Waals surface area contributed by atoms with Crippen LogP contribution in [0, 0.1) is 29.1 Å². The molecule has 4 fully saturated rings. The van der Waals surface area contributed by atoms with Gasteiger partial charge in [0.1, 0.15) is 0 Å². The van der Waals surface area contributed by atoms with E-state index < -0.39 is 0 Å². The Morgan fingerprint density at radius 3 is 2.19 bits per heavy atom. The quantitative estimate of drug-likeness (QED) is 0.808. The fourth-order valence-electron chi connectivity index (χ4n) is 7.06. The Kier molecular flexibility index (Phi) is 2.72. The van der Waals surface area contributed by atoms with E-state index in [0.29, 0.717) is 10.8 Å². The number of aliphatic hydroxyl groups is 1. The molecule has 1 nitrogen and oxygen atoms in total. The third-order valence-electron chi connectivity index (χ3n) is 6.73. The maximum Gasteiger partial charge on any atom is 0.0849 e. The van der Waals surface area contributed by atoms with Gasteiger partial charge in [-0.2, -0.15) is 0 Å². The van der Waals surface area contributed by atoms with Gasteiger partial charge >= 0.3 is 0 Å². The summed E-state index contributed by atoms with van der Waals surface area (Å²) in [5.41, 5.74) is 3.49. The fraction of sp³-hybridized carbons (Fsp3) is 0.700. The molecular formula is C20H28O. The summed E-state index contributed by atoms with van der Waals surface area (Å²) in [4.78, 5) is 0. The molecule has 4 aliphatic rings. The summed E-state index contributed by atoms with van der Waals surface area (Å²) < 4.78 is 0. The Labute approximate surface area is 128 Å². The Morgan fingerprint density at radius 2 is 1.62 bits per heavy atom. The van der Waals surface area contributed by atoms with Crippen LogP contribution in [0.1, 0.15) is 69.6 Å². The van der Waals surface area contributed by atoms with E-state index in [1.165, 1.54) is 49.7 Å². The van der Waals surface area contributed by atoms with E-state index >= 15 is 0 Å². The largest absolute Gasteiger partial charge is 0.388 e. The van der Waals surface area contributed by atoms with Gasteiger partial charge in [0.25, 0.3) is 0 Å². The van der Waals surface area contributed by atoms with Crippen LogP contribution < -0.4 is 0 Å². The van der Waals surface area contributed by atoms with Crippen molar-refractivity contribution in [3.8, 4) is 0 Å². The molecule has 3 unspecified atom stereocenters. The van der Waals surface area contributed by atoms with Crippen molar-refractivity contribution in [1.82, 2.24) is 0 Å². The van der Waals surface area contributed by atoms with E-state index in [-0.39, 0.29) is 11.5 Å². The van der Waals surface area contributed by atoms with Crippen LogP contribution in [0.5, 0.6) is 0 Å². The van der Waals surface area contributed by atoms with Crippen LogP contribution in [0.15, 0.2) is 24.3 Å². The highest BCUT2D eigenvalue weighted by molar-refractivity contribution is 5.30. The molecule has 1 heteroatoms. The van der Waals surface area contributed by atoms with Crippen molar-refractivity contribution in [2.75, 3.05) is 0 Å². The minimum absolute atomic E-state index is 0.134. The highest BCUT2D eigenvalue weighted by Gasteiger charge is 2.62. The summed E-state index contributed by atoms with van der Waals surface area (Å²) in [6.07, 6.45) is 7.58. The van der Waals surface area contributed by atoms with Crippen LogP contribution in [0.3, 0.4) is 0 Å². The second-order valence-corrected chi connectivity index (χ2v) is 9.25. The third kappa shape index (κ3) is 2.00. The SMILES string of the molecule is Cc1ccccc1C(O)C12CC3CC(C)(CC(C)(C3)C1)C2. The molecule has 5 rings (SSSR count). The lowest BCUT2D eigenvalue weighted by Crippen LogP contribution is -2.56. The lowest BCUT2D eigenvalue weighted by atomic mass is 9.39. The molecule has 1 aromatic rings. The maximum atomic E-state index is 11.3. The first-order chi connectivity index (χ1) is 9.83. The first-order valence-corrected chi connectivity index (χ1v) is 8.57. The zero-order chi connectivity index (χ0) is 14.9. The van der Waals surface area contributed by atoms with Crippen molar-refractivity contribution in [2.24, 2.45) is 22.2 Å². The summed E-state index contributed by atoms with van der Waals surface area (Å²) in [6, 6.07) is 8.44. The van der Waals surface area contributed by atoms with E-state index in [1.807, 2.05) is 0 Å². The molecule has 21 heavy (non-hydrogen) atoms. The molecule has 0 saturated heterocycles. The Hall–Kier alpha value is -0.820. The van der Waals surface area contributed by atoms with Gasteiger partial charge < -0.3 is 5.11 Å². The van der Waals surface area contributed by atoms with Crippen LogP contribution in [0.25, 0.3) is 0 Å². The Bertz CT molecular complexity index is 557. The highest BCUT2D eigenvalue weighted by atomic mass is 16.3. The van der Waals surface area contributed by atoms with E-state index in [2.05, 4.69) is 45.0 Å². The Morgan fingerprint density at radius 1 is 1.00 bits per heavy atom. The van der Waals surface area contributed by atoms with E-state index in [1.54, 1.807) is 0 Å². The minimum atomic E-state index is -0.277. The van der Waals surface area contributed by atoms with Gasteiger partial charge in [-0.1, -0.05) is 38.1 Å². The number of benzene rings is 1. The second kappa shape index (κ2) is 4.13. The molecule has 0 radical (unpaired) electrons. The van der Waals surface area contributed by atoms with Gasteiger partial charge in [-0.25, -0.2) is 0 Å². The van der Waals surface area contributed by atoms with Crippen molar-refractivity contribution in [2.45, 2.75) is 65.4 Å². The molecule has 3 atom stereocenters. The van der Waals surface area contributed by atoms with E-state index in [4.69, 9.17) is 0 Å². The highest BCUT2D eigenvalue weighted by Crippen LogP contribution is 2.72. The predicted molar refractivity (Wildman–Crippen MR) is 86.0 cm³/mol. The van der Waals surface area contributed by atoms with Crippen LogP contribution in [0.4, 0.5) is 0 Å². The molecular weight excluding hydrogens is 256 g/mol. The van der Waals surface area contributed by atoms with E-state index in [9.17, 15) is 5.11 Å². The van der Waals surface area contributed by atoms with Crippen LogP contribution >= 0.6 is 0 Å². The average Bonchev–Trinajstić information content (AvgIpc) is 2.34. The first-order valence-electron chi connectivity index (χ1n) is 8.57. The van der Waals surface area contributed by atoms with Crippen molar-refractivity contribution in [3.63, 3.8) is 0 Å². The summed E-state index contributed by atoms with van der Waals surface area (Å²) in [6.45, 7) is 7.10. The van der Waals surface area contributed by atoms with Gasteiger partial charge in [0.2, 0.25) is 0 Å². The fourth-order valence-corrected chi connectivity index (χ4v) is 7.06. The maximum absolute atomic E-state index is 11.3. The standard InChI is InChI=1S/C20H28O/c1-14-6-4-5-7-16(14)17(21)20-10-15-8-18(2,12-20)11-19(3,9-15)13-20/h4-7,15,17,21H,8-13H2,1-3H3. The normalized spacial score (nSPS) is 45.8. The van der Waals surface area contributed by atoms with Gasteiger partial charge in [-0.3, -0.25) is 0 Å². The van der Waals surface area contributed by atoms with Crippen molar-refractivity contribution >= 4 is 0 Å². The predicted octanol–water partition coefficient (Wildman–Crippen LogP) is 5.03. The molecule has 0 heterocycles. The van der Waals surface area contributed by atoms with Gasteiger partial charge in [0.15, 0.2) is 0 Å². The van der Waals surface area contributed by atoms with Crippen LogP contribution in [0.2, 0.25) is 0 Å². The van der Waals surface area contributed by atoms with Crippen molar-refractivity contribution < 1.29 is 5.11 Å². The second-order valence-electron chi connectivity index (χ2n) is 9.25. The van der Waals surface area contributed by atoms with Gasteiger partial charge in [0.05, 0.1) is 6.10 Å². The molecule has 0 aliphatic heterocycles. The van der Waals surface area contributed by atoms with Crippen molar-refractivity contribution in [1.29, 1.82) is 0 Å². The zero-order valence-electron chi connectivity index (χ0n) is 13.7. The summed E-state index contributed by atoms with van der Waals surface area (Å²) >= 11 is 0. The van der Waals surface area contributed by atoms with Crippen molar-refractivity contribution in [3.05, 3.63) is 35.4 Å². The molecule has 0 amide bonds. The molecule has 4 bridgehead atoms. The smallest absolute Gasteiger partial charge is 0.0849 e. The topological polar surface area (TPSA) is 20.2 Å². The zero-order valence-corrected chi connectivity index (χ0v) is 13.7. The number of aryl methyl sites for hydroxylation is 1. The lowest BCUT2D eigenvalue weighted by Gasteiger charge is -2.66. The molecule has 114 valence electrons. The minimum Gasteiger partial charge on any atom is -0.388 e. The number of hydrogen-bond acceptors (Lipinski definition) is 1. The summed E-state index contributed by atoms with van der Waals surface area (Å²) in [5, 5.41) is 11.3. The summed E-state index contributed by atoms with van der Waals surface area (Å²) in [5.74, 6) is 0.843. The monoisotopic (exact) mass is 284 g/mol. The summed E-state index contributed by atoms with van der Waals surface area (Å²) in [7, 11) is 0. The average molecular weight is 284 g/mol. The van der Waals surface area contributed by atoms with Gasteiger partial charge in [0, 0.05) is 5.41 Å². The Balaban J connectivity index is 1.76. The molecule has 1 N–H and O–H groups in total. The van der Waals surface area contributed by atoms with Gasteiger partial charge in [-0.05, 0) is 73.3 Å². The molecule has 4 aliphatic carbocycles. The van der Waals surface area contributed by atoms with Crippen LogP contribution in [-0.4, -0.2) is 5.11 Å². The lowest BCUT2D eigenvalue weighted by molar-refractivity contribution is -0.187. The first kappa shape index (κ1) is 13.8. The van der Waals surface area contributed by atoms with E-state index in [0.717, 1.165) is 5.92 Å². The molecule has 1 aromatic carbocycles. The molecule has 4 saturated carbocycles. The third-order valence-corrected chi connectivity index (χ3v) is 6.73. The molecule has 0 aromatic heterocycles. The molecule has 0 spiro atoms. The number of hydrogen-bond donors (Lipinski definition) is 1.